The van der Waals surface area contributed by atoms with Crippen molar-refractivity contribution in [2.75, 3.05) is 13.2 Å². The van der Waals surface area contributed by atoms with Crippen molar-refractivity contribution in [3.63, 3.8) is 0 Å². The van der Waals surface area contributed by atoms with E-state index in [9.17, 15) is 19.5 Å². The number of ether oxygens (including phenoxy) is 2. The Morgan fingerprint density at radius 2 is 2.28 bits per heavy atom. The highest BCUT2D eigenvalue weighted by atomic mass is 16.5. The largest absolute Gasteiger partial charge is 0.465 e. The van der Waals surface area contributed by atoms with Crippen LogP contribution in [0.2, 0.25) is 0 Å². The van der Waals surface area contributed by atoms with Crippen LogP contribution in [0.15, 0.2) is 20.9 Å². The quantitative estimate of drug-likeness (QED) is 0.325. The molecule has 1 aliphatic rings. The van der Waals surface area contributed by atoms with Gasteiger partial charge in [0.05, 0.1) is 25.4 Å². The summed E-state index contributed by atoms with van der Waals surface area (Å²) in [6.07, 6.45) is -0.0951. The van der Waals surface area contributed by atoms with Gasteiger partial charge in [-0.05, 0) is 19.4 Å². The van der Waals surface area contributed by atoms with Crippen LogP contribution >= 0.6 is 0 Å². The molecule has 1 saturated heterocycles. The average Bonchev–Trinajstić information content (AvgIpc) is 2.98. The third-order valence-corrected chi connectivity index (χ3v) is 3.85. The maximum atomic E-state index is 12.6. The van der Waals surface area contributed by atoms with Gasteiger partial charge in [0.1, 0.15) is 12.8 Å². The fourth-order valence-corrected chi connectivity index (χ4v) is 2.68. The fourth-order valence-electron chi connectivity index (χ4n) is 2.68. The Labute approximate surface area is 142 Å². The minimum atomic E-state index is -0.826. The van der Waals surface area contributed by atoms with E-state index in [1.54, 1.807) is 6.92 Å². The molecule has 0 spiro atoms. The first-order valence-corrected chi connectivity index (χ1v) is 7.71. The number of nitrogens with zero attached hydrogens (tertiary/aromatic N) is 5. The van der Waals surface area contributed by atoms with E-state index in [1.165, 1.54) is 13.1 Å². The van der Waals surface area contributed by atoms with Crippen molar-refractivity contribution in [1.29, 1.82) is 0 Å². The van der Waals surface area contributed by atoms with E-state index in [2.05, 4.69) is 10.0 Å². The summed E-state index contributed by atoms with van der Waals surface area (Å²) in [5.41, 5.74) is 7.47. The molecule has 0 unspecified atom stereocenters. The molecule has 2 rings (SSSR count). The fraction of sp³-hybridized carbons (Fsp3) is 0.643. The van der Waals surface area contributed by atoms with Crippen molar-refractivity contribution in [3.8, 4) is 0 Å². The van der Waals surface area contributed by atoms with Crippen molar-refractivity contribution in [2.45, 2.75) is 45.2 Å². The molecule has 1 fully saturated rings. The van der Waals surface area contributed by atoms with E-state index in [0.717, 1.165) is 9.13 Å². The standard InChI is InChI=1S/C14H19N5O6/c1-3-24-12(21)6-19-13(22)8(2)5-18(14(19)23)11-4-9(16-17-15)10(7-20)25-11/h5,9-11,20H,3-4,6-7H2,1-2H3/t9-,10+,11+/m0/s1. The molecule has 0 saturated carbocycles. The van der Waals surface area contributed by atoms with Gasteiger partial charge in [0.25, 0.3) is 5.56 Å². The van der Waals surface area contributed by atoms with Gasteiger partial charge < -0.3 is 14.6 Å². The number of carbonyl (C=O) groups is 1. The van der Waals surface area contributed by atoms with Crippen LogP contribution in [0.25, 0.3) is 10.4 Å². The van der Waals surface area contributed by atoms with Crippen molar-refractivity contribution in [3.05, 3.63) is 43.0 Å². The molecule has 0 aromatic carbocycles. The van der Waals surface area contributed by atoms with Gasteiger partial charge in [0.2, 0.25) is 0 Å². The van der Waals surface area contributed by atoms with Gasteiger partial charge in [0, 0.05) is 23.1 Å². The number of azide groups is 1. The zero-order valence-electron chi connectivity index (χ0n) is 13.9. The van der Waals surface area contributed by atoms with Crippen molar-refractivity contribution in [1.82, 2.24) is 9.13 Å². The lowest BCUT2D eigenvalue weighted by molar-refractivity contribution is -0.144. The van der Waals surface area contributed by atoms with E-state index in [1.807, 2.05) is 0 Å². The number of aryl methyl sites for hydroxylation is 1. The number of rotatable bonds is 6. The number of hydrogen-bond acceptors (Lipinski definition) is 7. The highest BCUT2D eigenvalue weighted by Crippen LogP contribution is 2.29. The minimum Gasteiger partial charge on any atom is -0.465 e. The van der Waals surface area contributed by atoms with Gasteiger partial charge in [-0.2, -0.15) is 0 Å². The molecule has 1 aromatic heterocycles. The van der Waals surface area contributed by atoms with Crippen LogP contribution in [-0.4, -0.2) is 45.6 Å². The third kappa shape index (κ3) is 3.90. The Morgan fingerprint density at radius 3 is 2.88 bits per heavy atom. The third-order valence-electron chi connectivity index (χ3n) is 3.85. The van der Waals surface area contributed by atoms with Crippen molar-refractivity contribution >= 4 is 5.97 Å². The van der Waals surface area contributed by atoms with Gasteiger partial charge in [-0.1, -0.05) is 5.11 Å². The van der Waals surface area contributed by atoms with Crippen LogP contribution < -0.4 is 11.2 Å². The number of hydrogen-bond donors (Lipinski definition) is 1. The molecule has 0 bridgehead atoms. The molecule has 11 nitrogen and oxygen atoms in total. The van der Waals surface area contributed by atoms with Crippen LogP contribution in [0.4, 0.5) is 0 Å². The Bertz CT molecular complexity index is 809. The topological polar surface area (TPSA) is 149 Å². The van der Waals surface area contributed by atoms with Crippen LogP contribution in [-0.2, 0) is 20.8 Å². The van der Waals surface area contributed by atoms with E-state index in [-0.39, 0.29) is 25.2 Å². The first-order chi connectivity index (χ1) is 11.9. The highest BCUT2D eigenvalue weighted by Gasteiger charge is 2.36. The maximum Gasteiger partial charge on any atom is 0.333 e. The van der Waals surface area contributed by atoms with Gasteiger partial charge >= 0.3 is 11.7 Å². The molecular weight excluding hydrogens is 334 g/mol. The lowest BCUT2D eigenvalue weighted by Gasteiger charge is -2.17. The first kappa shape index (κ1) is 18.7. The zero-order chi connectivity index (χ0) is 18.6. The minimum absolute atomic E-state index is 0.130. The van der Waals surface area contributed by atoms with Gasteiger partial charge in [-0.15, -0.1) is 0 Å². The van der Waals surface area contributed by atoms with Crippen molar-refractivity contribution in [2.24, 2.45) is 5.11 Å². The summed E-state index contributed by atoms with van der Waals surface area (Å²) >= 11 is 0. The summed E-state index contributed by atoms with van der Waals surface area (Å²) in [5.74, 6) is -0.702. The monoisotopic (exact) mass is 353 g/mol. The van der Waals surface area contributed by atoms with E-state index in [0.29, 0.717) is 0 Å². The molecule has 3 atom stereocenters. The molecule has 11 heteroatoms. The molecule has 1 N–H and O–H groups in total. The predicted molar refractivity (Wildman–Crippen MR) is 84.9 cm³/mol. The second-order valence-corrected chi connectivity index (χ2v) is 5.52. The molecule has 1 aromatic rings. The van der Waals surface area contributed by atoms with Gasteiger partial charge in [-0.3, -0.25) is 14.2 Å². The summed E-state index contributed by atoms with van der Waals surface area (Å²) in [6.45, 7) is 2.36. The van der Waals surface area contributed by atoms with Crippen LogP contribution in [0.5, 0.6) is 0 Å². The summed E-state index contributed by atoms with van der Waals surface area (Å²) in [6, 6.07) is -0.641. The summed E-state index contributed by atoms with van der Waals surface area (Å²) in [5, 5.41) is 12.9. The Kier molecular flexibility index (Phi) is 5.97. The van der Waals surface area contributed by atoms with E-state index >= 15 is 0 Å². The Hall–Kier alpha value is -2.62. The first-order valence-electron chi connectivity index (χ1n) is 7.71. The number of aliphatic hydroxyl groups is 1. The van der Waals surface area contributed by atoms with Gasteiger partial charge in [0.15, 0.2) is 0 Å². The highest BCUT2D eigenvalue weighted by molar-refractivity contribution is 5.69. The number of esters is 1. The number of aromatic nitrogens is 2. The molecule has 136 valence electrons. The maximum absolute atomic E-state index is 12.6. The SMILES string of the molecule is CCOC(=O)Cn1c(=O)c(C)cn([C@H]2C[C@H](N=[N+]=[N-])[C@@H](CO)O2)c1=O. The molecule has 2 heterocycles. The second kappa shape index (κ2) is 7.97. The van der Waals surface area contributed by atoms with Crippen LogP contribution in [0, 0.1) is 6.92 Å². The molecule has 1 aliphatic heterocycles. The average molecular weight is 353 g/mol. The van der Waals surface area contributed by atoms with E-state index in [4.69, 9.17) is 15.0 Å². The number of carbonyl (C=O) groups excluding carboxylic acids is 1. The Morgan fingerprint density at radius 1 is 1.56 bits per heavy atom. The van der Waals surface area contributed by atoms with Crippen LogP contribution in [0.1, 0.15) is 25.1 Å². The molecule has 0 amide bonds. The second-order valence-electron chi connectivity index (χ2n) is 5.52. The predicted octanol–water partition coefficient (Wildman–Crippen LogP) is -0.160. The number of aliphatic hydroxyl groups excluding tert-OH is 1. The smallest absolute Gasteiger partial charge is 0.333 e. The summed E-state index contributed by atoms with van der Waals surface area (Å²) in [4.78, 5) is 39.1. The zero-order valence-corrected chi connectivity index (χ0v) is 13.9. The molecule has 25 heavy (non-hydrogen) atoms. The summed E-state index contributed by atoms with van der Waals surface area (Å²) < 4.78 is 12.3. The normalized spacial score (nSPS) is 22.4. The summed E-state index contributed by atoms with van der Waals surface area (Å²) in [7, 11) is 0. The lowest BCUT2D eigenvalue weighted by Crippen LogP contribution is -2.43. The molecular formula is C14H19N5O6. The Balaban J connectivity index is 2.41. The van der Waals surface area contributed by atoms with Crippen LogP contribution in [0.3, 0.4) is 0 Å². The molecule has 0 radical (unpaired) electrons. The van der Waals surface area contributed by atoms with Crippen molar-refractivity contribution < 1.29 is 19.4 Å². The molecule has 0 aliphatic carbocycles. The van der Waals surface area contributed by atoms with E-state index < -0.39 is 42.1 Å². The lowest BCUT2D eigenvalue weighted by atomic mass is 10.1. The van der Waals surface area contributed by atoms with Gasteiger partial charge in [-0.25, -0.2) is 9.36 Å².